The molecule has 1 amide bonds. The number of nitrogens with one attached hydrogen (secondary N) is 2. The van der Waals surface area contributed by atoms with Crippen LogP contribution in [0.2, 0.25) is 0 Å². The van der Waals surface area contributed by atoms with Gasteiger partial charge >= 0.3 is 0 Å². The van der Waals surface area contributed by atoms with Crippen LogP contribution < -0.4 is 16.4 Å². The van der Waals surface area contributed by atoms with Gasteiger partial charge in [0.2, 0.25) is 5.95 Å². The minimum atomic E-state index is -0.252. The Morgan fingerprint density at radius 2 is 2.05 bits per heavy atom. The van der Waals surface area contributed by atoms with Crippen molar-refractivity contribution in [1.29, 1.82) is 0 Å². The summed E-state index contributed by atoms with van der Waals surface area (Å²) in [4.78, 5) is 20.2. The Labute approximate surface area is 123 Å². The summed E-state index contributed by atoms with van der Waals surface area (Å²) < 4.78 is 0. The molecule has 1 heterocycles. The molecule has 1 atom stereocenters. The van der Waals surface area contributed by atoms with Crippen LogP contribution in [0.4, 0.5) is 5.95 Å². The van der Waals surface area contributed by atoms with Crippen LogP contribution in [0.3, 0.4) is 0 Å². The van der Waals surface area contributed by atoms with Crippen LogP contribution in [-0.4, -0.2) is 29.0 Å². The number of carbonyl (C=O) groups excluding carboxylic acids is 1. The topological polar surface area (TPSA) is 92.9 Å². The maximum absolute atomic E-state index is 11.8. The molecule has 110 valence electrons. The summed E-state index contributed by atoms with van der Waals surface area (Å²) in [6.07, 6.45) is 1.56. The van der Waals surface area contributed by atoms with Crippen molar-refractivity contribution in [3.63, 3.8) is 0 Å². The van der Waals surface area contributed by atoms with Crippen molar-refractivity contribution < 1.29 is 4.79 Å². The Hall–Kier alpha value is -2.47. The Morgan fingerprint density at radius 3 is 2.76 bits per heavy atom. The van der Waals surface area contributed by atoms with E-state index >= 15 is 0 Å². The normalized spacial score (nSPS) is 11.7. The summed E-state index contributed by atoms with van der Waals surface area (Å²) in [5.41, 5.74) is 6.80. The van der Waals surface area contributed by atoms with E-state index in [-0.39, 0.29) is 11.9 Å². The summed E-state index contributed by atoms with van der Waals surface area (Å²) in [5, 5.41) is 5.86. The summed E-state index contributed by atoms with van der Waals surface area (Å²) in [5.74, 6) is 0.171. The Bertz CT molecular complexity index is 588. The standard InChI is InChI=1S/C15H19N5O/c1-11(12-5-3-2-4-6-12)19-15-18-9-7-13(20-15)14(21)17-10-8-16/h2-7,9,11H,8,10,16H2,1H3,(H,17,21)(H,18,19,20)/t11-/m0/s1. The highest BCUT2D eigenvalue weighted by Gasteiger charge is 2.10. The van der Waals surface area contributed by atoms with Gasteiger partial charge in [-0.05, 0) is 18.6 Å². The number of nitrogens with two attached hydrogens (primary N) is 1. The highest BCUT2D eigenvalue weighted by atomic mass is 16.1. The fraction of sp³-hybridized carbons (Fsp3) is 0.267. The molecule has 6 nitrogen and oxygen atoms in total. The number of benzene rings is 1. The van der Waals surface area contributed by atoms with Crippen LogP contribution in [0.5, 0.6) is 0 Å². The average molecular weight is 285 g/mol. The van der Waals surface area contributed by atoms with Crippen molar-refractivity contribution in [2.75, 3.05) is 18.4 Å². The first kappa shape index (κ1) is 14.9. The third kappa shape index (κ3) is 4.25. The SMILES string of the molecule is C[C@H](Nc1nccc(C(=O)NCCN)n1)c1ccccc1. The van der Waals surface area contributed by atoms with Crippen LogP contribution in [0.25, 0.3) is 0 Å². The quantitative estimate of drug-likeness (QED) is 0.744. The van der Waals surface area contributed by atoms with E-state index in [9.17, 15) is 4.79 Å². The van der Waals surface area contributed by atoms with Gasteiger partial charge in [0.05, 0.1) is 6.04 Å². The molecule has 0 saturated heterocycles. The minimum absolute atomic E-state index is 0.0496. The van der Waals surface area contributed by atoms with Gasteiger partial charge in [-0.2, -0.15) is 0 Å². The van der Waals surface area contributed by atoms with Crippen LogP contribution in [0, 0.1) is 0 Å². The van der Waals surface area contributed by atoms with E-state index in [0.717, 1.165) is 5.56 Å². The highest BCUT2D eigenvalue weighted by Crippen LogP contribution is 2.16. The third-order valence-corrected chi connectivity index (χ3v) is 2.96. The fourth-order valence-electron chi connectivity index (χ4n) is 1.85. The lowest BCUT2D eigenvalue weighted by molar-refractivity contribution is 0.0949. The first-order valence-electron chi connectivity index (χ1n) is 6.83. The van der Waals surface area contributed by atoms with Crippen LogP contribution in [0.15, 0.2) is 42.6 Å². The molecule has 21 heavy (non-hydrogen) atoms. The number of amides is 1. The van der Waals surface area contributed by atoms with Crippen molar-refractivity contribution in [3.8, 4) is 0 Å². The van der Waals surface area contributed by atoms with Crippen LogP contribution in [0.1, 0.15) is 29.0 Å². The first-order chi connectivity index (χ1) is 10.2. The second-order valence-electron chi connectivity index (χ2n) is 4.59. The number of hydrogen-bond acceptors (Lipinski definition) is 5. The van der Waals surface area contributed by atoms with E-state index in [1.54, 1.807) is 12.3 Å². The van der Waals surface area contributed by atoms with Gasteiger partial charge in [0, 0.05) is 19.3 Å². The molecule has 4 N–H and O–H groups in total. The molecule has 1 aromatic carbocycles. The fourth-order valence-corrected chi connectivity index (χ4v) is 1.85. The van der Waals surface area contributed by atoms with Gasteiger partial charge in [-0.1, -0.05) is 30.3 Å². The van der Waals surface area contributed by atoms with E-state index in [1.165, 1.54) is 0 Å². The molecule has 6 heteroatoms. The molecule has 1 aromatic heterocycles. The van der Waals surface area contributed by atoms with Crippen molar-refractivity contribution in [1.82, 2.24) is 15.3 Å². The average Bonchev–Trinajstić information content (AvgIpc) is 2.53. The number of anilines is 1. The van der Waals surface area contributed by atoms with E-state index in [0.29, 0.717) is 24.7 Å². The lowest BCUT2D eigenvalue weighted by Crippen LogP contribution is -2.29. The van der Waals surface area contributed by atoms with Gasteiger partial charge in [0.25, 0.3) is 5.91 Å². The zero-order chi connectivity index (χ0) is 15.1. The molecule has 0 bridgehead atoms. The number of carbonyl (C=O) groups is 1. The summed E-state index contributed by atoms with van der Waals surface area (Å²) in [6.45, 7) is 2.83. The number of hydrogen-bond donors (Lipinski definition) is 3. The predicted molar refractivity (Wildman–Crippen MR) is 81.9 cm³/mol. The number of rotatable bonds is 6. The highest BCUT2D eigenvalue weighted by molar-refractivity contribution is 5.92. The van der Waals surface area contributed by atoms with E-state index in [4.69, 9.17) is 5.73 Å². The lowest BCUT2D eigenvalue weighted by Gasteiger charge is -2.14. The summed E-state index contributed by atoms with van der Waals surface area (Å²) in [7, 11) is 0. The van der Waals surface area contributed by atoms with E-state index in [1.807, 2.05) is 37.3 Å². The van der Waals surface area contributed by atoms with Crippen molar-refractivity contribution in [2.24, 2.45) is 5.73 Å². The molecular weight excluding hydrogens is 266 g/mol. The summed E-state index contributed by atoms with van der Waals surface area (Å²) >= 11 is 0. The molecule has 2 rings (SSSR count). The minimum Gasteiger partial charge on any atom is -0.349 e. The second-order valence-corrected chi connectivity index (χ2v) is 4.59. The van der Waals surface area contributed by atoms with Crippen molar-refractivity contribution >= 4 is 11.9 Å². The second kappa shape index (κ2) is 7.35. The Kier molecular flexibility index (Phi) is 5.22. The smallest absolute Gasteiger partial charge is 0.270 e. The molecule has 0 aliphatic carbocycles. The van der Waals surface area contributed by atoms with E-state index < -0.39 is 0 Å². The number of aromatic nitrogens is 2. The molecule has 0 unspecified atom stereocenters. The Morgan fingerprint density at radius 1 is 1.29 bits per heavy atom. The van der Waals surface area contributed by atoms with Crippen molar-refractivity contribution in [2.45, 2.75) is 13.0 Å². The monoisotopic (exact) mass is 285 g/mol. The van der Waals surface area contributed by atoms with Crippen LogP contribution in [-0.2, 0) is 0 Å². The van der Waals surface area contributed by atoms with Crippen molar-refractivity contribution in [3.05, 3.63) is 53.9 Å². The van der Waals surface area contributed by atoms with E-state index in [2.05, 4.69) is 20.6 Å². The third-order valence-electron chi connectivity index (χ3n) is 2.96. The molecule has 0 saturated carbocycles. The van der Waals surface area contributed by atoms with Gasteiger partial charge in [0.15, 0.2) is 0 Å². The largest absolute Gasteiger partial charge is 0.349 e. The Balaban J connectivity index is 2.06. The van der Waals surface area contributed by atoms with Gasteiger partial charge in [-0.25, -0.2) is 9.97 Å². The van der Waals surface area contributed by atoms with Gasteiger partial charge < -0.3 is 16.4 Å². The van der Waals surface area contributed by atoms with Gasteiger partial charge in [-0.15, -0.1) is 0 Å². The predicted octanol–water partition coefficient (Wildman–Crippen LogP) is 1.34. The zero-order valence-corrected chi connectivity index (χ0v) is 11.9. The summed E-state index contributed by atoms with van der Waals surface area (Å²) in [6, 6.07) is 11.6. The van der Waals surface area contributed by atoms with Gasteiger partial charge in [0.1, 0.15) is 5.69 Å². The number of nitrogens with zero attached hydrogens (tertiary/aromatic N) is 2. The maximum atomic E-state index is 11.8. The first-order valence-corrected chi connectivity index (χ1v) is 6.83. The molecule has 0 aliphatic heterocycles. The van der Waals surface area contributed by atoms with Gasteiger partial charge in [-0.3, -0.25) is 4.79 Å². The maximum Gasteiger partial charge on any atom is 0.270 e. The lowest BCUT2D eigenvalue weighted by atomic mass is 10.1. The zero-order valence-electron chi connectivity index (χ0n) is 11.9. The molecule has 2 aromatic rings. The van der Waals surface area contributed by atoms with Crippen LogP contribution >= 0.6 is 0 Å². The molecular formula is C15H19N5O. The molecule has 0 spiro atoms. The molecule has 0 aliphatic rings. The molecule has 0 fully saturated rings. The molecule has 0 radical (unpaired) electrons.